The molecule has 3 aromatic rings. The number of hydrogen-bond donors (Lipinski definition) is 3. The molecule has 0 saturated heterocycles. The topological polar surface area (TPSA) is 68.9 Å². The number of imidazole rings is 1. The van der Waals surface area contributed by atoms with Gasteiger partial charge in [0.15, 0.2) is 0 Å². The van der Waals surface area contributed by atoms with E-state index in [9.17, 15) is 14.3 Å². The molecule has 2 aromatic carbocycles. The molecule has 0 saturated carbocycles. The Bertz CT molecular complexity index is 807. The summed E-state index contributed by atoms with van der Waals surface area (Å²) < 4.78 is 13.6. The van der Waals surface area contributed by atoms with E-state index >= 15 is 0 Å². The second kappa shape index (κ2) is 4.94. The summed E-state index contributed by atoms with van der Waals surface area (Å²) in [5.41, 5.74) is 2.11. The van der Waals surface area contributed by atoms with Crippen molar-refractivity contribution >= 4 is 11.0 Å². The second-order valence-corrected chi connectivity index (χ2v) is 4.70. The molecule has 3 rings (SSSR count). The summed E-state index contributed by atoms with van der Waals surface area (Å²) >= 11 is 0. The van der Waals surface area contributed by atoms with Crippen LogP contribution in [0.3, 0.4) is 0 Å². The van der Waals surface area contributed by atoms with Crippen molar-refractivity contribution in [3.05, 3.63) is 69.9 Å². The van der Waals surface area contributed by atoms with Gasteiger partial charge >= 0.3 is 5.69 Å². The van der Waals surface area contributed by atoms with Crippen LogP contribution in [0.4, 0.5) is 4.39 Å². The van der Waals surface area contributed by atoms with Gasteiger partial charge in [-0.25, -0.2) is 9.18 Å². The van der Waals surface area contributed by atoms with E-state index in [2.05, 4.69) is 9.97 Å². The third kappa shape index (κ3) is 2.35. The van der Waals surface area contributed by atoms with Gasteiger partial charge in [-0.15, -0.1) is 0 Å². The van der Waals surface area contributed by atoms with E-state index in [1.807, 2.05) is 0 Å². The van der Waals surface area contributed by atoms with Gasteiger partial charge in [-0.2, -0.15) is 0 Å². The summed E-state index contributed by atoms with van der Waals surface area (Å²) in [6, 6.07) is 11.5. The van der Waals surface area contributed by atoms with E-state index < -0.39 is 6.10 Å². The van der Waals surface area contributed by atoms with Gasteiger partial charge in [0, 0.05) is 6.42 Å². The number of aromatic amines is 2. The van der Waals surface area contributed by atoms with Gasteiger partial charge in [-0.05, 0) is 29.3 Å². The largest absolute Gasteiger partial charge is 0.388 e. The maximum atomic E-state index is 13.6. The summed E-state index contributed by atoms with van der Waals surface area (Å²) in [6.07, 6.45) is -0.637. The lowest BCUT2D eigenvalue weighted by molar-refractivity contribution is 0.177. The molecular weight excluding hydrogens is 259 g/mol. The summed E-state index contributed by atoms with van der Waals surface area (Å²) in [4.78, 5) is 16.4. The van der Waals surface area contributed by atoms with Crippen molar-refractivity contribution in [2.45, 2.75) is 12.5 Å². The van der Waals surface area contributed by atoms with E-state index in [1.54, 1.807) is 36.4 Å². The number of fused-ring (bicyclic) bond motifs is 1. The van der Waals surface area contributed by atoms with Gasteiger partial charge in [0.25, 0.3) is 0 Å². The predicted molar refractivity (Wildman–Crippen MR) is 74.0 cm³/mol. The number of aliphatic hydroxyl groups is 1. The van der Waals surface area contributed by atoms with Crippen LogP contribution < -0.4 is 5.69 Å². The van der Waals surface area contributed by atoms with Crippen molar-refractivity contribution in [3.8, 4) is 0 Å². The molecule has 0 spiro atoms. The maximum absolute atomic E-state index is 13.6. The minimum atomic E-state index is -0.824. The molecule has 1 atom stereocenters. The summed E-state index contributed by atoms with van der Waals surface area (Å²) in [5.74, 6) is -0.331. The zero-order valence-corrected chi connectivity index (χ0v) is 10.6. The Kier molecular flexibility index (Phi) is 3.12. The predicted octanol–water partition coefficient (Wildman–Crippen LogP) is 2.27. The molecule has 1 unspecified atom stereocenters. The molecule has 20 heavy (non-hydrogen) atoms. The highest BCUT2D eigenvalue weighted by molar-refractivity contribution is 5.75. The molecule has 0 aliphatic heterocycles. The van der Waals surface area contributed by atoms with Crippen molar-refractivity contribution in [3.63, 3.8) is 0 Å². The third-order valence-electron chi connectivity index (χ3n) is 3.30. The van der Waals surface area contributed by atoms with E-state index in [-0.39, 0.29) is 17.9 Å². The van der Waals surface area contributed by atoms with Crippen molar-refractivity contribution in [2.24, 2.45) is 0 Å². The van der Waals surface area contributed by atoms with Crippen LogP contribution in [0.25, 0.3) is 11.0 Å². The number of rotatable bonds is 3. The molecule has 1 heterocycles. The number of aromatic nitrogens is 2. The first-order valence-corrected chi connectivity index (χ1v) is 6.27. The zero-order valence-electron chi connectivity index (χ0n) is 10.6. The Labute approximate surface area is 113 Å². The number of benzene rings is 2. The van der Waals surface area contributed by atoms with Gasteiger partial charge < -0.3 is 15.1 Å². The third-order valence-corrected chi connectivity index (χ3v) is 3.30. The molecule has 1 aromatic heterocycles. The Morgan fingerprint density at radius 3 is 2.65 bits per heavy atom. The lowest BCUT2D eigenvalue weighted by atomic mass is 10.0. The van der Waals surface area contributed by atoms with Gasteiger partial charge in [0.2, 0.25) is 0 Å². The van der Waals surface area contributed by atoms with Crippen molar-refractivity contribution in [1.29, 1.82) is 0 Å². The lowest BCUT2D eigenvalue weighted by Crippen LogP contribution is -2.03. The van der Waals surface area contributed by atoms with Crippen molar-refractivity contribution in [1.82, 2.24) is 9.97 Å². The Morgan fingerprint density at radius 1 is 1.10 bits per heavy atom. The molecule has 4 nitrogen and oxygen atoms in total. The van der Waals surface area contributed by atoms with E-state index in [0.717, 1.165) is 0 Å². The van der Waals surface area contributed by atoms with E-state index in [0.29, 0.717) is 22.2 Å². The van der Waals surface area contributed by atoms with Crippen molar-refractivity contribution in [2.75, 3.05) is 0 Å². The molecule has 102 valence electrons. The molecule has 0 aliphatic carbocycles. The number of H-pyrrole nitrogens is 2. The smallest absolute Gasteiger partial charge is 0.323 e. The van der Waals surface area contributed by atoms with Gasteiger partial charge in [-0.3, -0.25) is 0 Å². The Balaban J connectivity index is 1.90. The van der Waals surface area contributed by atoms with E-state index in [4.69, 9.17) is 0 Å². The Hall–Kier alpha value is -2.40. The molecule has 0 fully saturated rings. The molecule has 0 bridgehead atoms. The average Bonchev–Trinajstić information content (AvgIpc) is 2.80. The quantitative estimate of drug-likeness (QED) is 0.684. The fraction of sp³-hybridized carbons (Fsp3) is 0.133. The highest BCUT2D eigenvalue weighted by atomic mass is 19.1. The molecule has 3 N–H and O–H groups in total. The van der Waals surface area contributed by atoms with Crippen LogP contribution in [0.2, 0.25) is 0 Å². The van der Waals surface area contributed by atoms with Gasteiger partial charge in [-0.1, -0.05) is 24.3 Å². The van der Waals surface area contributed by atoms with Crippen LogP contribution in [-0.2, 0) is 6.42 Å². The van der Waals surface area contributed by atoms with Crippen LogP contribution in [0.15, 0.2) is 47.3 Å². The van der Waals surface area contributed by atoms with E-state index in [1.165, 1.54) is 6.07 Å². The van der Waals surface area contributed by atoms with Crippen LogP contribution in [0.1, 0.15) is 17.2 Å². The van der Waals surface area contributed by atoms with Gasteiger partial charge in [0.05, 0.1) is 17.1 Å². The van der Waals surface area contributed by atoms with Crippen molar-refractivity contribution < 1.29 is 9.50 Å². The summed E-state index contributed by atoms with van der Waals surface area (Å²) in [7, 11) is 0. The highest BCUT2D eigenvalue weighted by Crippen LogP contribution is 2.22. The fourth-order valence-electron chi connectivity index (χ4n) is 2.25. The van der Waals surface area contributed by atoms with Gasteiger partial charge in [0.1, 0.15) is 5.82 Å². The minimum absolute atomic E-state index is 0.187. The monoisotopic (exact) mass is 272 g/mol. The molecule has 0 amide bonds. The number of halogens is 1. The molecule has 5 heteroatoms. The number of hydrogen-bond acceptors (Lipinski definition) is 2. The average molecular weight is 272 g/mol. The van der Waals surface area contributed by atoms with Crippen LogP contribution in [0.5, 0.6) is 0 Å². The fourth-order valence-corrected chi connectivity index (χ4v) is 2.25. The first-order chi connectivity index (χ1) is 9.63. The zero-order chi connectivity index (χ0) is 14.1. The minimum Gasteiger partial charge on any atom is -0.388 e. The summed E-state index contributed by atoms with van der Waals surface area (Å²) in [6.45, 7) is 0. The lowest BCUT2D eigenvalue weighted by Gasteiger charge is -2.11. The summed E-state index contributed by atoms with van der Waals surface area (Å²) in [5, 5.41) is 10.2. The number of aliphatic hydroxyl groups excluding tert-OH is 1. The molecule has 0 aliphatic rings. The highest BCUT2D eigenvalue weighted by Gasteiger charge is 2.12. The first kappa shape index (κ1) is 12.6. The van der Waals surface area contributed by atoms with Crippen LogP contribution in [-0.4, -0.2) is 15.1 Å². The normalized spacial score (nSPS) is 12.7. The maximum Gasteiger partial charge on any atom is 0.323 e. The molecular formula is C15H13FN2O2. The molecule has 0 radical (unpaired) electrons. The standard InChI is InChI=1S/C15H13FN2O2/c16-11-4-2-1-3-9(11)8-14(19)10-5-6-12-13(7-10)18-15(20)17-12/h1-7,14,19H,8H2,(H2,17,18,20). The number of nitrogens with one attached hydrogen (secondary N) is 2. The van der Waals surface area contributed by atoms with Crippen LogP contribution >= 0.6 is 0 Å². The SMILES string of the molecule is O=c1[nH]c2ccc(C(O)Cc3ccccc3F)cc2[nH]1. The second-order valence-electron chi connectivity index (χ2n) is 4.70. The Morgan fingerprint density at radius 2 is 1.85 bits per heavy atom. The first-order valence-electron chi connectivity index (χ1n) is 6.27. The van der Waals surface area contributed by atoms with Crippen LogP contribution in [0, 0.1) is 5.82 Å².